The van der Waals surface area contributed by atoms with Gasteiger partial charge in [-0.2, -0.15) is 0 Å². The molecule has 0 atom stereocenters. The lowest BCUT2D eigenvalue weighted by atomic mass is 10.2. The minimum absolute atomic E-state index is 1.14. The molecule has 0 aromatic rings. The molecule has 0 aliphatic heterocycles. The Hall–Kier alpha value is -0.700. The van der Waals surface area contributed by atoms with Crippen molar-refractivity contribution in [3.05, 3.63) is 13.2 Å². The molecule has 0 aromatic carbocycles. The maximum atomic E-state index is 3.10. The Morgan fingerprint density at radius 1 is 0.778 bits per heavy atom. The summed E-state index contributed by atoms with van der Waals surface area (Å²) in [7, 11) is 0. The molecule has 1 aliphatic carbocycles. The first kappa shape index (κ1) is 8.30. The SMILES string of the molecule is C1#CCCCCC1.C=C. The molecule has 0 radical (unpaired) electrons. The second kappa shape index (κ2) is 7.30. The van der Waals surface area contributed by atoms with Crippen LogP contribution in [0.3, 0.4) is 0 Å². The van der Waals surface area contributed by atoms with Crippen molar-refractivity contribution in [3.8, 4) is 11.8 Å². The first-order valence-corrected chi connectivity index (χ1v) is 3.46. The fraction of sp³-hybridized carbons (Fsp3) is 0.556. The third-order valence-corrected chi connectivity index (χ3v) is 1.23. The Morgan fingerprint density at radius 2 is 1.22 bits per heavy atom. The van der Waals surface area contributed by atoms with Crippen LogP contribution in [0.5, 0.6) is 0 Å². The van der Waals surface area contributed by atoms with Crippen LogP contribution in [0, 0.1) is 11.8 Å². The van der Waals surface area contributed by atoms with Gasteiger partial charge in [-0.1, -0.05) is 6.42 Å². The smallest absolute Gasteiger partial charge is 0.00886 e. The molecule has 0 amide bonds. The van der Waals surface area contributed by atoms with Crippen molar-refractivity contribution < 1.29 is 0 Å². The summed E-state index contributed by atoms with van der Waals surface area (Å²) >= 11 is 0. The highest BCUT2D eigenvalue weighted by atomic mass is 13.9. The Morgan fingerprint density at radius 3 is 1.67 bits per heavy atom. The fourth-order valence-corrected chi connectivity index (χ4v) is 0.780. The lowest BCUT2D eigenvalue weighted by Crippen LogP contribution is -1.68. The van der Waals surface area contributed by atoms with Crippen LogP contribution in [-0.2, 0) is 0 Å². The second-order valence-electron chi connectivity index (χ2n) is 1.91. The Balaban J connectivity index is 0.000000291. The molecule has 0 heteroatoms. The molecule has 0 unspecified atom stereocenters. The van der Waals surface area contributed by atoms with Gasteiger partial charge in [-0.15, -0.1) is 25.0 Å². The van der Waals surface area contributed by atoms with E-state index in [1.807, 2.05) is 0 Å². The zero-order chi connectivity index (χ0) is 6.95. The molecule has 1 aliphatic rings. The second-order valence-corrected chi connectivity index (χ2v) is 1.91. The molecule has 0 bridgehead atoms. The van der Waals surface area contributed by atoms with Gasteiger partial charge in [0.25, 0.3) is 0 Å². The van der Waals surface area contributed by atoms with E-state index in [1.54, 1.807) is 0 Å². The maximum Gasteiger partial charge on any atom is 0.00886 e. The topological polar surface area (TPSA) is 0 Å². The van der Waals surface area contributed by atoms with Crippen LogP contribution >= 0.6 is 0 Å². The Labute approximate surface area is 58.0 Å². The fourth-order valence-electron chi connectivity index (χ4n) is 0.780. The van der Waals surface area contributed by atoms with E-state index in [2.05, 4.69) is 25.0 Å². The van der Waals surface area contributed by atoms with Gasteiger partial charge in [0, 0.05) is 12.8 Å². The highest BCUT2D eigenvalue weighted by Crippen LogP contribution is 2.04. The van der Waals surface area contributed by atoms with Crippen LogP contribution in [0.2, 0.25) is 0 Å². The molecule has 9 heavy (non-hydrogen) atoms. The average molecular weight is 122 g/mol. The molecular formula is C9H14. The van der Waals surface area contributed by atoms with Crippen molar-refractivity contribution in [2.24, 2.45) is 0 Å². The van der Waals surface area contributed by atoms with Crippen LogP contribution < -0.4 is 0 Å². The summed E-state index contributed by atoms with van der Waals surface area (Å²) < 4.78 is 0. The summed E-state index contributed by atoms with van der Waals surface area (Å²) in [4.78, 5) is 0. The molecular weight excluding hydrogens is 108 g/mol. The molecule has 0 heterocycles. The van der Waals surface area contributed by atoms with Gasteiger partial charge in [0.1, 0.15) is 0 Å². The van der Waals surface area contributed by atoms with Gasteiger partial charge in [-0.05, 0) is 12.8 Å². The number of hydrogen-bond donors (Lipinski definition) is 0. The minimum Gasteiger partial charge on any atom is -0.106 e. The van der Waals surface area contributed by atoms with E-state index in [0.29, 0.717) is 0 Å². The summed E-state index contributed by atoms with van der Waals surface area (Å²) in [5.41, 5.74) is 0. The van der Waals surface area contributed by atoms with Gasteiger partial charge in [-0.3, -0.25) is 0 Å². The highest BCUT2D eigenvalue weighted by molar-refractivity contribution is 5.00. The van der Waals surface area contributed by atoms with Crippen molar-refractivity contribution in [2.45, 2.75) is 32.1 Å². The molecule has 1 rings (SSSR count). The monoisotopic (exact) mass is 122 g/mol. The van der Waals surface area contributed by atoms with E-state index >= 15 is 0 Å². The molecule has 0 spiro atoms. The lowest BCUT2D eigenvalue weighted by molar-refractivity contribution is 0.722. The third-order valence-electron chi connectivity index (χ3n) is 1.23. The lowest BCUT2D eigenvalue weighted by Gasteiger charge is -1.85. The summed E-state index contributed by atoms with van der Waals surface area (Å²) in [5.74, 6) is 6.19. The highest BCUT2D eigenvalue weighted by Gasteiger charge is 1.87. The van der Waals surface area contributed by atoms with E-state index in [0.717, 1.165) is 12.8 Å². The van der Waals surface area contributed by atoms with E-state index in [4.69, 9.17) is 0 Å². The van der Waals surface area contributed by atoms with Crippen LogP contribution in [-0.4, -0.2) is 0 Å². The third kappa shape index (κ3) is 5.17. The molecule has 0 saturated carbocycles. The van der Waals surface area contributed by atoms with Crippen LogP contribution in [0.25, 0.3) is 0 Å². The van der Waals surface area contributed by atoms with Crippen molar-refractivity contribution in [2.75, 3.05) is 0 Å². The first-order chi connectivity index (χ1) is 4.50. The van der Waals surface area contributed by atoms with Crippen LogP contribution in [0.4, 0.5) is 0 Å². The zero-order valence-electron chi connectivity index (χ0n) is 5.95. The Bertz CT molecular complexity index is 92.9. The number of rotatable bonds is 0. The van der Waals surface area contributed by atoms with E-state index < -0.39 is 0 Å². The van der Waals surface area contributed by atoms with Gasteiger partial charge >= 0.3 is 0 Å². The summed E-state index contributed by atoms with van der Waals surface area (Å²) in [5, 5.41) is 0. The number of hydrogen-bond acceptors (Lipinski definition) is 0. The average Bonchev–Trinajstić information content (AvgIpc) is 2.21. The molecule has 50 valence electrons. The molecule has 0 fully saturated rings. The van der Waals surface area contributed by atoms with Gasteiger partial charge < -0.3 is 0 Å². The molecule has 0 aromatic heterocycles. The van der Waals surface area contributed by atoms with E-state index in [-0.39, 0.29) is 0 Å². The normalized spacial score (nSPS) is 15.6. The summed E-state index contributed by atoms with van der Waals surface area (Å²) in [6.07, 6.45) is 6.31. The van der Waals surface area contributed by atoms with Crippen LogP contribution in [0.1, 0.15) is 32.1 Å². The maximum absolute atomic E-state index is 3.10. The van der Waals surface area contributed by atoms with Gasteiger partial charge in [0.2, 0.25) is 0 Å². The predicted octanol–water partition coefficient (Wildman–Crippen LogP) is 2.76. The van der Waals surface area contributed by atoms with Crippen LogP contribution in [0.15, 0.2) is 13.2 Å². The molecule has 0 N–H and O–H groups in total. The van der Waals surface area contributed by atoms with Gasteiger partial charge in [-0.25, -0.2) is 0 Å². The first-order valence-electron chi connectivity index (χ1n) is 3.46. The van der Waals surface area contributed by atoms with Gasteiger partial charge in [0.15, 0.2) is 0 Å². The molecule has 0 nitrogen and oxygen atoms in total. The zero-order valence-corrected chi connectivity index (χ0v) is 5.95. The van der Waals surface area contributed by atoms with E-state index in [1.165, 1.54) is 19.3 Å². The minimum atomic E-state index is 1.14. The summed E-state index contributed by atoms with van der Waals surface area (Å²) in [6.45, 7) is 6.00. The van der Waals surface area contributed by atoms with Crippen molar-refractivity contribution in [1.82, 2.24) is 0 Å². The predicted molar refractivity (Wildman–Crippen MR) is 42.1 cm³/mol. The van der Waals surface area contributed by atoms with E-state index in [9.17, 15) is 0 Å². The standard InChI is InChI=1S/C7H10.C2H4/c1-2-4-6-7-5-3-1;1-2/h1-5H2;1-2H2. The van der Waals surface area contributed by atoms with Gasteiger partial charge in [0.05, 0.1) is 0 Å². The quantitative estimate of drug-likeness (QED) is 0.342. The van der Waals surface area contributed by atoms with Crippen molar-refractivity contribution >= 4 is 0 Å². The largest absolute Gasteiger partial charge is 0.106 e. The van der Waals surface area contributed by atoms with Crippen molar-refractivity contribution in [3.63, 3.8) is 0 Å². The van der Waals surface area contributed by atoms with Crippen molar-refractivity contribution in [1.29, 1.82) is 0 Å². The Kier molecular flexibility index (Phi) is 6.73. The molecule has 0 saturated heterocycles. The summed E-state index contributed by atoms with van der Waals surface area (Å²) in [6, 6.07) is 0.